The number of rotatable bonds is 7. The van der Waals surface area contributed by atoms with Gasteiger partial charge in [-0.05, 0) is 43.0 Å². The fourth-order valence-corrected chi connectivity index (χ4v) is 1.93. The molecular formula is C17H29N3O. The van der Waals surface area contributed by atoms with Crippen molar-refractivity contribution in [1.82, 2.24) is 10.6 Å². The van der Waals surface area contributed by atoms with Crippen LogP contribution < -0.4 is 16.0 Å². The number of hydrogen-bond acceptors (Lipinski definition) is 2. The summed E-state index contributed by atoms with van der Waals surface area (Å²) in [4.78, 5) is 11.9. The van der Waals surface area contributed by atoms with Crippen LogP contribution in [0.5, 0.6) is 0 Å². The molecule has 1 aromatic rings. The first kappa shape index (κ1) is 17.5. The minimum Gasteiger partial charge on any atom is -0.337 e. The van der Waals surface area contributed by atoms with E-state index < -0.39 is 0 Å². The summed E-state index contributed by atoms with van der Waals surface area (Å²) in [5.41, 5.74) is 2.12. The Balaban J connectivity index is 2.58. The van der Waals surface area contributed by atoms with Crippen LogP contribution in [0.15, 0.2) is 24.3 Å². The van der Waals surface area contributed by atoms with Crippen LogP contribution in [-0.2, 0) is 0 Å². The van der Waals surface area contributed by atoms with E-state index >= 15 is 0 Å². The fourth-order valence-electron chi connectivity index (χ4n) is 1.93. The fraction of sp³-hybridized carbons (Fsp3) is 0.588. The summed E-state index contributed by atoms with van der Waals surface area (Å²) in [7, 11) is 0. The maximum Gasteiger partial charge on any atom is 0.319 e. The third-order valence-corrected chi connectivity index (χ3v) is 3.84. The van der Waals surface area contributed by atoms with Gasteiger partial charge < -0.3 is 16.0 Å². The predicted molar refractivity (Wildman–Crippen MR) is 89.6 cm³/mol. The molecule has 0 radical (unpaired) electrons. The standard InChI is InChI=1S/C17H29N3O/c1-6-17(4,5)12-19-16(21)20-15-10-8-9-14(11-15)13(3)18-7-2/h8-11,13,18H,6-7,12H2,1-5H3,(H2,19,20,21). The zero-order valence-corrected chi connectivity index (χ0v) is 13.9. The summed E-state index contributed by atoms with van der Waals surface area (Å²) in [6.45, 7) is 12.2. The summed E-state index contributed by atoms with van der Waals surface area (Å²) < 4.78 is 0. The van der Waals surface area contributed by atoms with Gasteiger partial charge in [0.25, 0.3) is 0 Å². The molecule has 0 saturated carbocycles. The number of carbonyl (C=O) groups excluding carboxylic acids is 1. The number of carbonyl (C=O) groups is 1. The Kier molecular flexibility index (Phi) is 6.69. The molecule has 1 atom stereocenters. The molecule has 0 bridgehead atoms. The number of anilines is 1. The predicted octanol–water partition coefficient (Wildman–Crippen LogP) is 3.91. The topological polar surface area (TPSA) is 53.2 Å². The van der Waals surface area contributed by atoms with Crippen molar-refractivity contribution in [3.63, 3.8) is 0 Å². The lowest BCUT2D eigenvalue weighted by Crippen LogP contribution is -2.36. The SMILES string of the molecule is CCNC(C)c1cccc(NC(=O)NCC(C)(C)CC)c1. The smallest absolute Gasteiger partial charge is 0.319 e. The van der Waals surface area contributed by atoms with Crippen LogP contribution in [0.1, 0.15) is 52.6 Å². The first-order valence-electron chi connectivity index (χ1n) is 7.76. The van der Waals surface area contributed by atoms with Gasteiger partial charge in [0, 0.05) is 18.3 Å². The van der Waals surface area contributed by atoms with Crippen LogP contribution in [0.2, 0.25) is 0 Å². The van der Waals surface area contributed by atoms with Crippen molar-refractivity contribution in [2.24, 2.45) is 5.41 Å². The molecule has 3 N–H and O–H groups in total. The molecule has 0 heterocycles. The monoisotopic (exact) mass is 291 g/mol. The highest BCUT2D eigenvalue weighted by Gasteiger charge is 2.16. The van der Waals surface area contributed by atoms with E-state index in [2.05, 4.69) is 56.6 Å². The Morgan fingerprint density at radius 2 is 2.00 bits per heavy atom. The van der Waals surface area contributed by atoms with Gasteiger partial charge in [0.05, 0.1) is 0 Å². The molecule has 21 heavy (non-hydrogen) atoms. The van der Waals surface area contributed by atoms with Crippen molar-refractivity contribution in [3.05, 3.63) is 29.8 Å². The summed E-state index contributed by atoms with van der Waals surface area (Å²) in [5, 5.41) is 9.20. The first-order chi connectivity index (χ1) is 9.88. The van der Waals surface area contributed by atoms with Crippen molar-refractivity contribution in [2.45, 2.75) is 47.1 Å². The van der Waals surface area contributed by atoms with Crippen molar-refractivity contribution >= 4 is 11.7 Å². The van der Waals surface area contributed by atoms with Gasteiger partial charge in [0.1, 0.15) is 0 Å². The van der Waals surface area contributed by atoms with Gasteiger partial charge in [0.15, 0.2) is 0 Å². The van der Waals surface area contributed by atoms with Crippen LogP contribution in [0.4, 0.5) is 10.5 Å². The number of urea groups is 1. The molecule has 1 rings (SSSR count). The Labute approximate surface area is 128 Å². The molecular weight excluding hydrogens is 262 g/mol. The molecule has 0 aliphatic heterocycles. The van der Waals surface area contributed by atoms with Gasteiger partial charge >= 0.3 is 6.03 Å². The second-order valence-corrected chi connectivity index (χ2v) is 6.23. The summed E-state index contributed by atoms with van der Waals surface area (Å²) in [6.07, 6.45) is 1.03. The van der Waals surface area contributed by atoms with Crippen LogP contribution in [0.3, 0.4) is 0 Å². The first-order valence-corrected chi connectivity index (χ1v) is 7.76. The number of amides is 2. The molecule has 0 aromatic heterocycles. The highest BCUT2D eigenvalue weighted by molar-refractivity contribution is 5.89. The second kappa shape index (κ2) is 8.03. The number of nitrogens with one attached hydrogen (secondary N) is 3. The summed E-state index contributed by atoms with van der Waals surface area (Å²) >= 11 is 0. The second-order valence-electron chi connectivity index (χ2n) is 6.23. The van der Waals surface area contributed by atoms with Gasteiger partial charge in [0.2, 0.25) is 0 Å². The molecule has 4 heteroatoms. The zero-order valence-electron chi connectivity index (χ0n) is 13.9. The largest absolute Gasteiger partial charge is 0.337 e. The molecule has 0 saturated heterocycles. The van der Waals surface area contributed by atoms with Crippen molar-refractivity contribution < 1.29 is 4.79 Å². The normalized spacial score (nSPS) is 12.8. The lowest BCUT2D eigenvalue weighted by molar-refractivity contribution is 0.244. The van der Waals surface area contributed by atoms with E-state index in [1.54, 1.807) is 0 Å². The van der Waals surface area contributed by atoms with E-state index in [-0.39, 0.29) is 17.5 Å². The highest BCUT2D eigenvalue weighted by atomic mass is 16.2. The molecule has 1 aromatic carbocycles. The van der Waals surface area contributed by atoms with E-state index in [1.807, 2.05) is 18.2 Å². The van der Waals surface area contributed by atoms with Crippen LogP contribution >= 0.6 is 0 Å². The molecule has 0 fully saturated rings. The number of benzene rings is 1. The van der Waals surface area contributed by atoms with Gasteiger partial charge in [-0.15, -0.1) is 0 Å². The summed E-state index contributed by atoms with van der Waals surface area (Å²) in [5.74, 6) is 0. The molecule has 2 amide bonds. The number of hydrogen-bond donors (Lipinski definition) is 3. The third kappa shape index (κ3) is 6.17. The quantitative estimate of drug-likeness (QED) is 0.713. The lowest BCUT2D eigenvalue weighted by Gasteiger charge is -2.23. The molecule has 0 aliphatic rings. The molecule has 0 aliphatic carbocycles. The Morgan fingerprint density at radius 1 is 1.29 bits per heavy atom. The van der Waals surface area contributed by atoms with E-state index in [4.69, 9.17) is 0 Å². The van der Waals surface area contributed by atoms with Crippen LogP contribution in [0.25, 0.3) is 0 Å². The van der Waals surface area contributed by atoms with E-state index in [0.717, 1.165) is 18.7 Å². The average Bonchev–Trinajstić information content (AvgIpc) is 2.46. The zero-order chi connectivity index (χ0) is 15.9. The van der Waals surface area contributed by atoms with Gasteiger partial charge in [-0.25, -0.2) is 4.79 Å². The van der Waals surface area contributed by atoms with Gasteiger partial charge in [-0.2, -0.15) is 0 Å². The Hall–Kier alpha value is -1.55. The maximum atomic E-state index is 11.9. The van der Waals surface area contributed by atoms with Gasteiger partial charge in [-0.1, -0.05) is 39.8 Å². The molecule has 0 spiro atoms. The Bertz CT molecular complexity index is 457. The van der Waals surface area contributed by atoms with E-state index in [0.29, 0.717) is 6.54 Å². The van der Waals surface area contributed by atoms with E-state index in [9.17, 15) is 4.79 Å². The van der Waals surface area contributed by atoms with Gasteiger partial charge in [-0.3, -0.25) is 0 Å². The minimum absolute atomic E-state index is 0.124. The van der Waals surface area contributed by atoms with Crippen molar-refractivity contribution in [2.75, 3.05) is 18.4 Å². The van der Waals surface area contributed by atoms with Crippen LogP contribution in [-0.4, -0.2) is 19.1 Å². The van der Waals surface area contributed by atoms with Crippen LogP contribution in [0, 0.1) is 5.41 Å². The molecule has 118 valence electrons. The summed E-state index contributed by atoms with van der Waals surface area (Å²) in [6, 6.07) is 8.08. The van der Waals surface area contributed by atoms with Crippen molar-refractivity contribution in [1.29, 1.82) is 0 Å². The third-order valence-electron chi connectivity index (χ3n) is 3.84. The average molecular weight is 291 g/mol. The lowest BCUT2D eigenvalue weighted by atomic mass is 9.90. The highest BCUT2D eigenvalue weighted by Crippen LogP contribution is 2.19. The van der Waals surface area contributed by atoms with E-state index in [1.165, 1.54) is 5.56 Å². The van der Waals surface area contributed by atoms with Crippen molar-refractivity contribution in [3.8, 4) is 0 Å². The maximum absolute atomic E-state index is 11.9. The molecule has 4 nitrogen and oxygen atoms in total. The Morgan fingerprint density at radius 3 is 2.62 bits per heavy atom. The minimum atomic E-state index is -0.148. The molecule has 1 unspecified atom stereocenters.